The first-order valence-electron chi connectivity index (χ1n) is 12.0. The number of carbonyl (C=O) groups excluding carboxylic acids is 1. The molecule has 3 aliphatic rings. The number of ether oxygens (including phenoxy) is 2. The smallest absolute Gasteiger partial charge is 0.342 e. The average molecular weight is 550 g/mol. The summed E-state index contributed by atoms with van der Waals surface area (Å²) in [7, 11) is 1.20. The summed E-state index contributed by atoms with van der Waals surface area (Å²) in [6, 6.07) is 6.50. The Hall–Kier alpha value is -2.75. The highest BCUT2D eigenvalue weighted by atomic mass is 35.5. The number of alkyl halides is 1. The third-order valence-corrected chi connectivity index (χ3v) is 8.17. The van der Waals surface area contributed by atoms with Gasteiger partial charge < -0.3 is 18.9 Å². The maximum Gasteiger partial charge on any atom is 0.342 e. The summed E-state index contributed by atoms with van der Waals surface area (Å²) in [5, 5.41) is 4.93. The molecule has 3 atom stereocenters. The predicted octanol–water partition coefficient (Wildman–Crippen LogP) is 6.11. The number of carbonyl (C=O) groups is 1. The van der Waals surface area contributed by atoms with E-state index in [9.17, 15) is 9.18 Å². The molecule has 0 amide bonds. The Morgan fingerprint density at radius 2 is 2.03 bits per heavy atom. The van der Waals surface area contributed by atoms with Gasteiger partial charge in [-0.15, -0.1) is 0 Å². The molecule has 7 nitrogen and oxygen atoms in total. The van der Waals surface area contributed by atoms with E-state index in [2.05, 4.69) is 14.9 Å². The molecule has 0 spiro atoms. The summed E-state index contributed by atoms with van der Waals surface area (Å²) < 4.78 is 46.0. The van der Waals surface area contributed by atoms with Crippen LogP contribution in [0.2, 0.25) is 10.0 Å². The lowest BCUT2D eigenvalue weighted by Crippen LogP contribution is -2.39. The molecule has 0 N–H and O–H groups in total. The van der Waals surface area contributed by atoms with Crippen LogP contribution in [0.5, 0.6) is 0 Å². The van der Waals surface area contributed by atoms with Gasteiger partial charge in [0.15, 0.2) is 11.4 Å². The van der Waals surface area contributed by atoms with Crippen molar-refractivity contribution >= 4 is 35.0 Å². The minimum absolute atomic E-state index is 0.0764. The topological polar surface area (TPSA) is 77.7 Å². The molecular weight excluding hydrogens is 527 g/mol. The second-order valence-electron chi connectivity index (χ2n) is 9.80. The van der Waals surface area contributed by atoms with Crippen molar-refractivity contribution in [1.82, 2.24) is 10.1 Å². The molecule has 3 fully saturated rings. The SMILES string of the molecule is COC(=O)c1cnc(N2C[C@@H]3C[C@H]2C[C@H]3OCc2c(-c3c(Cl)cccc3Cl)noc2C2(F)CC2)cc1F. The van der Waals surface area contributed by atoms with Crippen molar-refractivity contribution in [1.29, 1.82) is 0 Å². The number of piperidine rings is 1. The van der Waals surface area contributed by atoms with Gasteiger partial charge in [-0.05, 0) is 37.8 Å². The number of esters is 1. The first kappa shape index (κ1) is 24.6. The molecular formula is C26H23Cl2F2N3O4. The lowest BCUT2D eigenvalue weighted by Gasteiger charge is -2.32. The van der Waals surface area contributed by atoms with E-state index in [0.29, 0.717) is 58.5 Å². The Kier molecular flexibility index (Phi) is 6.12. The van der Waals surface area contributed by atoms with Gasteiger partial charge in [0.05, 0.1) is 35.4 Å². The molecule has 0 unspecified atom stereocenters. The van der Waals surface area contributed by atoms with E-state index in [4.69, 9.17) is 32.5 Å². The molecule has 37 heavy (non-hydrogen) atoms. The number of aromatic nitrogens is 2. The van der Waals surface area contributed by atoms with Crippen molar-refractivity contribution in [3.8, 4) is 11.3 Å². The van der Waals surface area contributed by atoms with E-state index in [1.807, 2.05) is 4.90 Å². The van der Waals surface area contributed by atoms with Crippen LogP contribution in [-0.2, 0) is 21.7 Å². The summed E-state index contributed by atoms with van der Waals surface area (Å²) >= 11 is 12.8. The molecule has 2 aromatic heterocycles. The maximum atomic E-state index is 15.1. The van der Waals surface area contributed by atoms with Crippen LogP contribution in [0.1, 0.15) is 47.4 Å². The average Bonchev–Trinajstić information content (AvgIpc) is 3.22. The molecule has 0 radical (unpaired) electrons. The van der Waals surface area contributed by atoms with Crippen molar-refractivity contribution in [3.63, 3.8) is 0 Å². The summed E-state index contributed by atoms with van der Waals surface area (Å²) in [5.41, 5.74) is -0.334. The van der Waals surface area contributed by atoms with Crippen molar-refractivity contribution in [2.45, 2.75) is 50.1 Å². The maximum absolute atomic E-state index is 15.1. The van der Waals surface area contributed by atoms with Gasteiger partial charge in [0, 0.05) is 36.3 Å². The van der Waals surface area contributed by atoms with E-state index >= 15 is 4.39 Å². The van der Waals surface area contributed by atoms with Crippen molar-refractivity contribution in [3.05, 3.63) is 63.2 Å². The molecule has 194 valence electrons. The van der Waals surface area contributed by atoms with Gasteiger partial charge in [-0.25, -0.2) is 18.6 Å². The second-order valence-corrected chi connectivity index (χ2v) is 10.6. The van der Waals surface area contributed by atoms with Gasteiger partial charge in [0.25, 0.3) is 0 Å². The van der Waals surface area contributed by atoms with E-state index in [1.165, 1.54) is 19.4 Å². The Labute approximate surface area is 221 Å². The molecule has 1 saturated heterocycles. The highest BCUT2D eigenvalue weighted by Crippen LogP contribution is 2.53. The summed E-state index contributed by atoms with van der Waals surface area (Å²) in [5.74, 6) is -0.598. The first-order valence-corrected chi connectivity index (χ1v) is 12.8. The normalized spacial score (nSPS) is 23.5. The van der Waals surface area contributed by atoms with Gasteiger partial charge in [-0.2, -0.15) is 0 Å². The highest BCUT2D eigenvalue weighted by molar-refractivity contribution is 6.39. The van der Waals surface area contributed by atoms with Crippen LogP contribution in [0.4, 0.5) is 14.6 Å². The molecule has 3 heterocycles. The van der Waals surface area contributed by atoms with Crippen LogP contribution in [-0.4, -0.2) is 41.9 Å². The Balaban J connectivity index is 1.19. The molecule has 11 heteroatoms. The van der Waals surface area contributed by atoms with Crippen LogP contribution in [0, 0.1) is 11.7 Å². The zero-order valence-corrected chi connectivity index (χ0v) is 21.4. The van der Waals surface area contributed by atoms with Crippen LogP contribution in [0.25, 0.3) is 11.3 Å². The molecule has 1 aliphatic heterocycles. The van der Waals surface area contributed by atoms with Crippen molar-refractivity contribution in [2.24, 2.45) is 5.92 Å². The third-order valence-electron chi connectivity index (χ3n) is 7.54. The highest BCUT2D eigenvalue weighted by Gasteiger charge is 2.52. The fourth-order valence-corrected chi connectivity index (χ4v) is 6.05. The Morgan fingerprint density at radius 1 is 1.27 bits per heavy atom. The zero-order chi connectivity index (χ0) is 25.9. The minimum Gasteiger partial charge on any atom is -0.465 e. The van der Waals surface area contributed by atoms with Gasteiger partial charge in [-0.3, -0.25) is 0 Å². The number of methoxy groups -OCH3 is 1. The summed E-state index contributed by atoms with van der Waals surface area (Å²) in [6.07, 6.45) is 3.43. The number of nitrogens with zero attached hydrogens (tertiary/aromatic N) is 3. The quantitative estimate of drug-likeness (QED) is 0.329. The zero-order valence-electron chi connectivity index (χ0n) is 19.8. The van der Waals surface area contributed by atoms with Crippen LogP contribution >= 0.6 is 23.2 Å². The molecule has 2 saturated carbocycles. The second kappa shape index (κ2) is 9.22. The number of hydrogen-bond donors (Lipinski definition) is 0. The number of hydrogen-bond acceptors (Lipinski definition) is 7. The molecule has 6 rings (SSSR count). The number of anilines is 1. The third kappa shape index (κ3) is 4.27. The van der Waals surface area contributed by atoms with E-state index in [1.54, 1.807) is 18.2 Å². The largest absolute Gasteiger partial charge is 0.465 e. The molecule has 1 aromatic carbocycles. The lowest BCUT2D eigenvalue weighted by molar-refractivity contribution is 0.0113. The number of rotatable bonds is 7. The van der Waals surface area contributed by atoms with Gasteiger partial charge >= 0.3 is 5.97 Å². The monoisotopic (exact) mass is 549 g/mol. The lowest BCUT2D eigenvalue weighted by atomic mass is 10.0. The summed E-state index contributed by atoms with van der Waals surface area (Å²) in [6.45, 7) is 0.738. The molecule has 2 aliphatic carbocycles. The minimum atomic E-state index is -1.55. The van der Waals surface area contributed by atoms with Crippen LogP contribution in [0.3, 0.4) is 0 Å². The van der Waals surface area contributed by atoms with E-state index < -0.39 is 17.5 Å². The van der Waals surface area contributed by atoms with Gasteiger partial charge in [0.1, 0.15) is 22.9 Å². The standard InChI is InChI=1S/C26H23Cl2F2N3O4/c1-35-25(34)15-10-31-21(9-19(15)29)33-11-13-7-14(33)8-20(13)36-12-16-23(22-17(27)3-2-4-18(22)28)32-37-24(16)26(30)5-6-26/h2-4,9-10,13-14,20H,5-8,11-12H2,1H3/t13-,14-,20+/m0/s1. The molecule has 2 bridgehead atoms. The Morgan fingerprint density at radius 3 is 2.65 bits per heavy atom. The van der Waals surface area contributed by atoms with E-state index in [0.717, 1.165) is 6.42 Å². The van der Waals surface area contributed by atoms with Gasteiger partial charge in [-0.1, -0.05) is 34.4 Å². The van der Waals surface area contributed by atoms with Crippen molar-refractivity contribution in [2.75, 3.05) is 18.6 Å². The Bertz CT molecular complexity index is 1360. The number of pyridine rings is 1. The van der Waals surface area contributed by atoms with Gasteiger partial charge in [0.2, 0.25) is 0 Å². The number of benzene rings is 1. The van der Waals surface area contributed by atoms with Crippen LogP contribution < -0.4 is 4.90 Å². The first-order chi connectivity index (χ1) is 17.8. The fraction of sp³-hybridized carbons (Fsp3) is 0.423. The fourth-order valence-electron chi connectivity index (χ4n) is 5.47. The summed E-state index contributed by atoms with van der Waals surface area (Å²) in [4.78, 5) is 18.0. The van der Waals surface area contributed by atoms with E-state index in [-0.39, 0.29) is 36.0 Å². The van der Waals surface area contributed by atoms with Crippen LogP contribution in [0.15, 0.2) is 35.0 Å². The molecule has 3 aromatic rings. The van der Waals surface area contributed by atoms with Crippen molar-refractivity contribution < 1.29 is 27.6 Å². The number of fused-ring (bicyclic) bond motifs is 2. The number of halogens is 4. The predicted molar refractivity (Wildman–Crippen MR) is 132 cm³/mol.